The van der Waals surface area contributed by atoms with Crippen molar-refractivity contribution in [2.75, 3.05) is 18.7 Å². The molecule has 7 heteroatoms. The van der Waals surface area contributed by atoms with Gasteiger partial charge in [0, 0.05) is 24.7 Å². The van der Waals surface area contributed by atoms with Crippen LogP contribution in [-0.4, -0.2) is 30.4 Å². The van der Waals surface area contributed by atoms with Crippen LogP contribution in [0.15, 0.2) is 18.2 Å². The maximum absolute atomic E-state index is 11.7. The number of nitrogens with one attached hydrogen (secondary N) is 2. The van der Waals surface area contributed by atoms with Gasteiger partial charge in [0.05, 0.1) is 0 Å². The summed E-state index contributed by atoms with van der Waals surface area (Å²) < 4.78 is 10.4. The minimum Gasteiger partial charge on any atom is -0.481 e. The first-order chi connectivity index (χ1) is 10.1. The zero-order chi connectivity index (χ0) is 15.1. The lowest BCUT2D eigenvalue weighted by Crippen LogP contribution is -2.29. The predicted molar refractivity (Wildman–Crippen MR) is 75.7 cm³/mol. The largest absolute Gasteiger partial charge is 0.481 e. The number of amides is 2. The van der Waals surface area contributed by atoms with Gasteiger partial charge >= 0.3 is 12.0 Å². The van der Waals surface area contributed by atoms with E-state index in [0.717, 1.165) is 12.8 Å². The Morgan fingerprint density at radius 2 is 1.95 bits per heavy atom. The fourth-order valence-corrected chi connectivity index (χ4v) is 1.93. The van der Waals surface area contributed by atoms with Crippen molar-refractivity contribution in [3.05, 3.63) is 18.2 Å². The van der Waals surface area contributed by atoms with Gasteiger partial charge in [0.1, 0.15) is 0 Å². The molecule has 3 N–H and O–H groups in total. The SMILES string of the molecule is O=C(O)CCCCCNC(=O)Nc1ccc2c(c1)OCO2. The topological polar surface area (TPSA) is 96.9 Å². The molecule has 0 saturated carbocycles. The number of benzene rings is 1. The lowest BCUT2D eigenvalue weighted by atomic mass is 10.2. The fraction of sp³-hybridized carbons (Fsp3) is 0.429. The molecular weight excluding hydrogens is 276 g/mol. The maximum atomic E-state index is 11.7. The molecule has 0 aliphatic carbocycles. The van der Waals surface area contributed by atoms with Crippen LogP contribution in [0.5, 0.6) is 11.5 Å². The molecule has 0 unspecified atom stereocenters. The van der Waals surface area contributed by atoms with E-state index in [1.54, 1.807) is 18.2 Å². The van der Waals surface area contributed by atoms with Crippen molar-refractivity contribution in [3.63, 3.8) is 0 Å². The number of hydrogen-bond acceptors (Lipinski definition) is 4. The van der Waals surface area contributed by atoms with Gasteiger partial charge < -0.3 is 25.2 Å². The van der Waals surface area contributed by atoms with Crippen LogP contribution < -0.4 is 20.1 Å². The molecule has 0 atom stereocenters. The monoisotopic (exact) mass is 294 g/mol. The lowest BCUT2D eigenvalue weighted by Gasteiger charge is -2.08. The van der Waals surface area contributed by atoms with Gasteiger partial charge in [-0.1, -0.05) is 6.42 Å². The van der Waals surface area contributed by atoms with Gasteiger partial charge in [-0.25, -0.2) is 4.79 Å². The van der Waals surface area contributed by atoms with Gasteiger partial charge in [-0.05, 0) is 25.0 Å². The van der Waals surface area contributed by atoms with Crippen molar-refractivity contribution < 1.29 is 24.2 Å². The molecular formula is C14H18N2O5. The number of unbranched alkanes of at least 4 members (excludes halogenated alkanes) is 2. The number of carbonyl (C=O) groups is 2. The summed E-state index contributed by atoms with van der Waals surface area (Å²) in [5.41, 5.74) is 0.627. The molecule has 1 aromatic rings. The number of rotatable bonds is 7. The van der Waals surface area contributed by atoms with Crippen LogP contribution in [-0.2, 0) is 4.79 Å². The van der Waals surface area contributed by atoms with E-state index in [4.69, 9.17) is 14.6 Å². The molecule has 0 spiro atoms. The van der Waals surface area contributed by atoms with Crippen LogP contribution in [0.3, 0.4) is 0 Å². The lowest BCUT2D eigenvalue weighted by molar-refractivity contribution is -0.137. The average molecular weight is 294 g/mol. The highest BCUT2D eigenvalue weighted by Crippen LogP contribution is 2.34. The van der Waals surface area contributed by atoms with E-state index in [0.29, 0.717) is 30.2 Å². The third kappa shape index (κ3) is 4.87. The van der Waals surface area contributed by atoms with E-state index in [1.165, 1.54) is 0 Å². The van der Waals surface area contributed by atoms with Gasteiger partial charge in [-0.15, -0.1) is 0 Å². The predicted octanol–water partition coefficient (Wildman–Crippen LogP) is 2.18. The number of carboxylic acids is 1. The first-order valence-electron chi connectivity index (χ1n) is 6.81. The second-order valence-electron chi connectivity index (χ2n) is 4.65. The highest BCUT2D eigenvalue weighted by Gasteiger charge is 2.13. The molecule has 21 heavy (non-hydrogen) atoms. The number of anilines is 1. The van der Waals surface area contributed by atoms with Gasteiger partial charge in [-0.2, -0.15) is 0 Å². The number of aliphatic carboxylic acids is 1. The van der Waals surface area contributed by atoms with Crippen LogP contribution in [0.25, 0.3) is 0 Å². The highest BCUT2D eigenvalue weighted by atomic mass is 16.7. The van der Waals surface area contributed by atoms with Gasteiger partial charge in [0.15, 0.2) is 11.5 Å². The molecule has 2 amide bonds. The number of urea groups is 1. The summed E-state index contributed by atoms with van der Waals surface area (Å²) in [7, 11) is 0. The maximum Gasteiger partial charge on any atom is 0.319 e. The molecule has 7 nitrogen and oxygen atoms in total. The zero-order valence-corrected chi connectivity index (χ0v) is 11.6. The smallest absolute Gasteiger partial charge is 0.319 e. The Balaban J connectivity index is 1.64. The zero-order valence-electron chi connectivity index (χ0n) is 11.6. The van der Waals surface area contributed by atoms with Crippen molar-refractivity contribution in [3.8, 4) is 11.5 Å². The molecule has 2 rings (SSSR count). The Bertz CT molecular complexity index is 518. The number of hydrogen-bond donors (Lipinski definition) is 3. The third-order valence-electron chi connectivity index (χ3n) is 2.98. The number of fused-ring (bicyclic) bond motifs is 1. The molecule has 0 fully saturated rings. The Labute approximate surface area is 122 Å². The summed E-state index contributed by atoms with van der Waals surface area (Å²) in [5, 5.41) is 13.9. The third-order valence-corrected chi connectivity index (χ3v) is 2.98. The summed E-state index contributed by atoms with van der Waals surface area (Å²) in [4.78, 5) is 22.0. The van der Waals surface area contributed by atoms with Crippen molar-refractivity contribution in [1.82, 2.24) is 5.32 Å². The first-order valence-corrected chi connectivity index (χ1v) is 6.81. The second kappa shape index (κ2) is 7.37. The van der Waals surface area contributed by atoms with E-state index in [2.05, 4.69) is 10.6 Å². The minimum absolute atomic E-state index is 0.170. The second-order valence-corrected chi connectivity index (χ2v) is 4.65. The Morgan fingerprint density at radius 1 is 1.14 bits per heavy atom. The molecule has 1 aliphatic rings. The molecule has 0 bridgehead atoms. The Kier molecular flexibility index (Phi) is 5.25. The summed E-state index contributed by atoms with van der Waals surface area (Å²) in [5.74, 6) is 0.490. The Morgan fingerprint density at radius 3 is 2.76 bits per heavy atom. The Hall–Kier alpha value is -2.44. The van der Waals surface area contributed by atoms with E-state index in [1.807, 2.05) is 0 Å². The van der Waals surface area contributed by atoms with E-state index in [9.17, 15) is 9.59 Å². The number of carboxylic acid groups (broad SMARTS) is 1. The van der Waals surface area contributed by atoms with E-state index >= 15 is 0 Å². The van der Waals surface area contributed by atoms with Gasteiger partial charge in [0.25, 0.3) is 0 Å². The minimum atomic E-state index is -0.788. The molecule has 0 saturated heterocycles. The molecule has 0 aromatic heterocycles. The first kappa shape index (κ1) is 15.0. The molecule has 1 aliphatic heterocycles. The van der Waals surface area contributed by atoms with Crippen molar-refractivity contribution in [1.29, 1.82) is 0 Å². The summed E-state index contributed by atoms with van der Waals surface area (Å²) in [6, 6.07) is 4.88. The van der Waals surface area contributed by atoms with Crippen LogP contribution in [0.1, 0.15) is 25.7 Å². The molecule has 114 valence electrons. The summed E-state index contributed by atoms with van der Waals surface area (Å²) >= 11 is 0. The van der Waals surface area contributed by atoms with Gasteiger partial charge in [-0.3, -0.25) is 4.79 Å². The van der Waals surface area contributed by atoms with Crippen molar-refractivity contribution in [2.24, 2.45) is 0 Å². The van der Waals surface area contributed by atoms with Crippen LogP contribution in [0.2, 0.25) is 0 Å². The standard InChI is InChI=1S/C14H18N2O5/c17-13(18)4-2-1-3-7-15-14(19)16-10-5-6-11-12(8-10)21-9-20-11/h5-6,8H,1-4,7,9H2,(H,17,18)(H2,15,16,19). The van der Waals surface area contributed by atoms with Crippen LogP contribution in [0.4, 0.5) is 10.5 Å². The van der Waals surface area contributed by atoms with Crippen LogP contribution in [0, 0.1) is 0 Å². The molecule has 1 heterocycles. The molecule has 1 aromatic carbocycles. The number of ether oxygens (including phenoxy) is 2. The average Bonchev–Trinajstić information content (AvgIpc) is 2.89. The summed E-state index contributed by atoms with van der Waals surface area (Å²) in [6.45, 7) is 0.706. The van der Waals surface area contributed by atoms with Gasteiger partial charge in [0.2, 0.25) is 6.79 Å². The fourth-order valence-electron chi connectivity index (χ4n) is 1.93. The van der Waals surface area contributed by atoms with E-state index < -0.39 is 5.97 Å². The van der Waals surface area contributed by atoms with Crippen molar-refractivity contribution >= 4 is 17.7 Å². The summed E-state index contributed by atoms with van der Waals surface area (Å²) in [6.07, 6.45) is 2.32. The molecule has 0 radical (unpaired) electrons. The van der Waals surface area contributed by atoms with Crippen molar-refractivity contribution in [2.45, 2.75) is 25.7 Å². The quantitative estimate of drug-likeness (QED) is 0.670. The van der Waals surface area contributed by atoms with E-state index in [-0.39, 0.29) is 19.2 Å². The normalized spacial score (nSPS) is 12.0. The number of carbonyl (C=O) groups excluding carboxylic acids is 1. The van der Waals surface area contributed by atoms with Crippen LogP contribution >= 0.6 is 0 Å². The highest BCUT2D eigenvalue weighted by molar-refractivity contribution is 5.89.